The number of carbonyl (C=O) groups is 2. The monoisotopic (exact) mass is 292 g/mol. The smallest absolute Gasteiger partial charge is 0.340 e. The topological polar surface area (TPSA) is 60.3 Å². The molecule has 0 saturated heterocycles. The first kappa shape index (κ1) is 17.0. The fourth-order valence-electron chi connectivity index (χ4n) is 2.44. The summed E-state index contributed by atoms with van der Waals surface area (Å²) in [6.45, 7) is 11.2. The number of aromatic nitrogens is 1. The van der Waals surface area contributed by atoms with Gasteiger partial charge in [0.2, 0.25) is 5.91 Å². The van der Waals surface area contributed by atoms with Crippen LogP contribution in [0, 0.1) is 13.8 Å². The summed E-state index contributed by atoms with van der Waals surface area (Å²) in [5, 5.41) is 2.70. The van der Waals surface area contributed by atoms with Gasteiger partial charge in [-0.1, -0.05) is 0 Å². The Balaban J connectivity index is 3.28. The molecule has 1 rings (SSSR count). The van der Waals surface area contributed by atoms with Crippen LogP contribution < -0.4 is 5.32 Å². The van der Waals surface area contributed by atoms with Crippen LogP contribution in [0.2, 0.25) is 0 Å². The summed E-state index contributed by atoms with van der Waals surface area (Å²) in [5.41, 5.74) is 3.11. The number of nitrogens with one attached hydrogen (secondary N) is 1. The number of hydrogen-bond acceptors (Lipinski definition) is 3. The maximum absolute atomic E-state index is 12.2. The van der Waals surface area contributed by atoms with Gasteiger partial charge in [-0.15, -0.1) is 0 Å². The van der Waals surface area contributed by atoms with Crippen molar-refractivity contribution in [1.29, 1.82) is 0 Å². The average molecular weight is 292 g/mol. The van der Waals surface area contributed by atoms with Gasteiger partial charge in [0.1, 0.15) is 0 Å². The van der Waals surface area contributed by atoms with Crippen molar-refractivity contribution in [3.63, 3.8) is 0 Å². The second-order valence-electron chi connectivity index (χ2n) is 4.65. The standard InChI is InChI=1S/C16H24N2O3/c1-6-17-14(19)10-9-13-11(4)18(7-2)12(5)15(13)16(20)21-8-3/h9-10H,6-8H2,1-5H3,(H,17,19)/b10-9+. The van der Waals surface area contributed by atoms with Gasteiger partial charge in [-0.05, 0) is 40.7 Å². The van der Waals surface area contributed by atoms with Crippen LogP contribution in [0.15, 0.2) is 6.08 Å². The molecule has 0 aliphatic heterocycles. The Bertz CT molecular complexity index is 556. The Morgan fingerprint density at radius 2 is 1.86 bits per heavy atom. The molecule has 0 fully saturated rings. The molecule has 0 aliphatic rings. The SMILES string of the molecule is CCNC(=O)/C=C/c1c(C(=O)OCC)c(C)n(CC)c1C. The van der Waals surface area contributed by atoms with Crippen molar-refractivity contribution in [2.45, 2.75) is 41.2 Å². The first-order chi connectivity index (χ1) is 9.97. The Kier molecular flexibility index (Phi) is 6.21. The molecule has 0 saturated carbocycles. The molecule has 21 heavy (non-hydrogen) atoms. The third kappa shape index (κ3) is 3.74. The molecule has 0 bridgehead atoms. The number of hydrogen-bond donors (Lipinski definition) is 1. The van der Waals surface area contributed by atoms with E-state index in [9.17, 15) is 9.59 Å². The van der Waals surface area contributed by atoms with E-state index in [4.69, 9.17) is 4.74 Å². The molecule has 5 heteroatoms. The second-order valence-corrected chi connectivity index (χ2v) is 4.65. The van der Waals surface area contributed by atoms with Gasteiger partial charge in [0.05, 0.1) is 12.2 Å². The molecule has 0 unspecified atom stereocenters. The highest BCUT2D eigenvalue weighted by molar-refractivity contribution is 5.98. The predicted molar refractivity (Wildman–Crippen MR) is 83.3 cm³/mol. The van der Waals surface area contributed by atoms with Crippen LogP contribution in [0.4, 0.5) is 0 Å². The molecular weight excluding hydrogens is 268 g/mol. The lowest BCUT2D eigenvalue weighted by atomic mass is 10.1. The highest BCUT2D eigenvalue weighted by Crippen LogP contribution is 2.24. The minimum absolute atomic E-state index is 0.173. The van der Waals surface area contributed by atoms with E-state index in [1.807, 2.05) is 32.3 Å². The zero-order chi connectivity index (χ0) is 16.0. The van der Waals surface area contributed by atoms with Gasteiger partial charge in [0, 0.05) is 36.1 Å². The zero-order valence-electron chi connectivity index (χ0n) is 13.4. The van der Waals surface area contributed by atoms with Crippen LogP contribution in [-0.2, 0) is 16.1 Å². The predicted octanol–water partition coefficient (Wildman–Crippen LogP) is 2.45. The van der Waals surface area contributed by atoms with Gasteiger partial charge >= 0.3 is 5.97 Å². The molecule has 0 spiro atoms. The number of ether oxygens (including phenoxy) is 1. The maximum atomic E-state index is 12.2. The molecule has 116 valence electrons. The van der Waals surface area contributed by atoms with Gasteiger partial charge in [0.25, 0.3) is 0 Å². The number of esters is 1. The minimum Gasteiger partial charge on any atom is -0.462 e. The first-order valence-electron chi connectivity index (χ1n) is 7.30. The summed E-state index contributed by atoms with van der Waals surface area (Å²) in [7, 11) is 0. The lowest BCUT2D eigenvalue weighted by Crippen LogP contribution is -2.19. The van der Waals surface area contributed by atoms with Gasteiger partial charge < -0.3 is 14.6 Å². The van der Waals surface area contributed by atoms with Crippen LogP contribution in [0.5, 0.6) is 0 Å². The van der Waals surface area contributed by atoms with Gasteiger partial charge in [0.15, 0.2) is 0 Å². The van der Waals surface area contributed by atoms with Crippen LogP contribution in [0.3, 0.4) is 0 Å². The van der Waals surface area contributed by atoms with Crippen LogP contribution >= 0.6 is 0 Å². The summed E-state index contributed by atoms with van der Waals surface area (Å²) in [6.07, 6.45) is 3.14. The highest BCUT2D eigenvalue weighted by atomic mass is 16.5. The molecule has 1 N–H and O–H groups in total. The molecule has 1 amide bonds. The normalized spacial score (nSPS) is 10.9. The second kappa shape index (κ2) is 7.67. The molecule has 0 radical (unpaired) electrons. The molecule has 1 heterocycles. The molecular formula is C16H24N2O3. The molecule has 1 aromatic heterocycles. The lowest BCUT2D eigenvalue weighted by molar-refractivity contribution is -0.116. The Morgan fingerprint density at radius 3 is 2.38 bits per heavy atom. The maximum Gasteiger partial charge on any atom is 0.340 e. The molecule has 0 aromatic carbocycles. The van der Waals surface area contributed by atoms with E-state index in [0.29, 0.717) is 18.7 Å². The van der Waals surface area contributed by atoms with E-state index >= 15 is 0 Å². The van der Waals surface area contributed by atoms with Gasteiger partial charge in [-0.3, -0.25) is 4.79 Å². The quantitative estimate of drug-likeness (QED) is 0.647. The minimum atomic E-state index is -0.346. The van der Waals surface area contributed by atoms with E-state index in [0.717, 1.165) is 23.5 Å². The molecule has 0 atom stereocenters. The number of rotatable bonds is 6. The van der Waals surface area contributed by atoms with Crippen LogP contribution in [-0.4, -0.2) is 29.6 Å². The highest BCUT2D eigenvalue weighted by Gasteiger charge is 2.22. The number of nitrogens with zero attached hydrogens (tertiary/aromatic N) is 1. The van der Waals surface area contributed by atoms with E-state index in [2.05, 4.69) is 5.32 Å². The van der Waals surface area contributed by atoms with Crippen molar-refractivity contribution in [3.05, 3.63) is 28.6 Å². The van der Waals surface area contributed by atoms with E-state index in [1.165, 1.54) is 6.08 Å². The zero-order valence-corrected chi connectivity index (χ0v) is 13.4. The summed E-state index contributed by atoms with van der Waals surface area (Å²) in [4.78, 5) is 23.7. The number of likely N-dealkylation sites (N-methyl/N-ethyl adjacent to an activating group) is 1. The van der Waals surface area contributed by atoms with Crippen molar-refractivity contribution < 1.29 is 14.3 Å². The fourth-order valence-corrected chi connectivity index (χ4v) is 2.44. The summed E-state index contributed by atoms with van der Waals surface area (Å²) in [5.74, 6) is -0.519. The third-order valence-electron chi connectivity index (χ3n) is 3.38. The van der Waals surface area contributed by atoms with Gasteiger partial charge in [-0.2, -0.15) is 0 Å². The van der Waals surface area contributed by atoms with Crippen molar-refractivity contribution >= 4 is 18.0 Å². The Morgan fingerprint density at radius 1 is 1.19 bits per heavy atom. The Hall–Kier alpha value is -2.04. The molecule has 0 aliphatic carbocycles. The van der Waals surface area contributed by atoms with Gasteiger partial charge in [-0.25, -0.2) is 4.79 Å². The van der Waals surface area contributed by atoms with E-state index in [1.54, 1.807) is 13.0 Å². The molecule has 1 aromatic rings. The fraction of sp³-hybridized carbons (Fsp3) is 0.500. The number of amides is 1. The summed E-state index contributed by atoms with van der Waals surface area (Å²) >= 11 is 0. The van der Waals surface area contributed by atoms with Crippen LogP contribution in [0.1, 0.15) is 48.1 Å². The van der Waals surface area contributed by atoms with Crippen LogP contribution in [0.25, 0.3) is 6.08 Å². The largest absolute Gasteiger partial charge is 0.462 e. The summed E-state index contributed by atoms with van der Waals surface area (Å²) in [6, 6.07) is 0. The van der Waals surface area contributed by atoms with Crippen molar-refractivity contribution in [3.8, 4) is 0 Å². The van der Waals surface area contributed by atoms with E-state index < -0.39 is 0 Å². The Labute approximate surface area is 126 Å². The third-order valence-corrected chi connectivity index (χ3v) is 3.38. The lowest BCUT2D eigenvalue weighted by Gasteiger charge is -2.05. The number of carbonyl (C=O) groups excluding carboxylic acids is 2. The van der Waals surface area contributed by atoms with Crippen molar-refractivity contribution in [1.82, 2.24) is 9.88 Å². The molecule has 5 nitrogen and oxygen atoms in total. The van der Waals surface area contributed by atoms with E-state index in [-0.39, 0.29) is 11.9 Å². The summed E-state index contributed by atoms with van der Waals surface area (Å²) < 4.78 is 7.18. The average Bonchev–Trinajstić information content (AvgIpc) is 2.67. The van der Waals surface area contributed by atoms with Crippen molar-refractivity contribution in [2.24, 2.45) is 0 Å². The van der Waals surface area contributed by atoms with Crippen molar-refractivity contribution in [2.75, 3.05) is 13.2 Å². The first-order valence-corrected chi connectivity index (χ1v) is 7.30.